The van der Waals surface area contributed by atoms with Crippen LogP contribution < -0.4 is 0 Å². The van der Waals surface area contributed by atoms with E-state index in [9.17, 15) is 4.79 Å². The number of thiophene rings is 1. The first-order valence-corrected chi connectivity index (χ1v) is 6.89. The number of nitrogens with zero attached hydrogens (tertiary/aromatic N) is 2. The van der Waals surface area contributed by atoms with Gasteiger partial charge in [0.05, 0.1) is 12.8 Å². The summed E-state index contributed by atoms with van der Waals surface area (Å²) in [6.07, 6.45) is 0. The summed E-state index contributed by atoms with van der Waals surface area (Å²) in [4.78, 5) is 20.9. The van der Waals surface area contributed by atoms with E-state index in [1.54, 1.807) is 6.92 Å². The number of aromatic nitrogens is 2. The van der Waals surface area contributed by atoms with Crippen LogP contribution in [-0.2, 0) is 4.74 Å². The smallest absolute Gasteiger partial charge is 0.348 e. The Morgan fingerprint density at radius 2 is 2.00 bits per heavy atom. The van der Waals surface area contributed by atoms with Crippen molar-refractivity contribution < 1.29 is 9.53 Å². The molecule has 0 aliphatic rings. The van der Waals surface area contributed by atoms with Crippen molar-refractivity contribution in [2.45, 2.75) is 20.8 Å². The van der Waals surface area contributed by atoms with Crippen molar-refractivity contribution in [3.63, 3.8) is 0 Å². The molecule has 0 unspecified atom stereocenters. The summed E-state index contributed by atoms with van der Waals surface area (Å²) < 4.78 is 4.81. The molecule has 0 saturated carbocycles. The Morgan fingerprint density at radius 1 is 1.32 bits per heavy atom. The number of hydrogen-bond acceptors (Lipinski definition) is 5. The minimum atomic E-state index is -0.361. The minimum absolute atomic E-state index is 0.361. The lowest BCUT2D eigenvalue weighted by Crippen LogP contribution is -2.03. The fourth-order valence-electron chi connectivity index (χ4n) is 1.82. The van der Waals surface area contributed by atoms with Gasteiger partial charge in [-0.25, -0.2) is 14.8 Å². The molecule has 6 heteroatoms. The molecule has 0 saturated heterocycles. The highest BCUT2D eigenvalue weighted by Gasteiger charge is 2.22. The monoisotopic (exact) mass is 296 g/mol. The van der Waals surface area contributed by atoms with Crippen LogP contribution in [0.4, 0.5) is 0 Å². The molecule has 0 aromatic carbocycles. The van der Waals surface area contributed by atoms with E-state index in [0.717, 1.165) is 16.7 Å². The fourth-order valence-corrected chi connectivity index (χ4v) is 3.00. The zero-order valence-electron chi connectivity index (χ0n) is 11.1. The number of methoxy groups -OCH3 is 1. The van der Waals surface area contributed by atoms with Gasteiger partial charge in [-0.3, -0.25) is 0 Å². The van der Waals surface area contributed by atoms with Crippen molar-refractivity contribution in [2.75, 3.05) is 7.11 Å². The van der Waals surface area contributed by atoms with Crippen molar-refractivity contribution in [1.82, 2.24) is 9.97 Å². The van der Waals surface area contributed by atoms with Gasteiger partial charge in [0.15, 0.2) is 0 Å². The average molecular weight is 297 g/mol. The number of ether oxygens (including phenoxy) is 1. The van der Waals surface area contributed by atoms with Crippen molar-refractivity contribution in [3.8, 4) is 11.3 Å². The molecule has 0 fully saturated rings. The molecule has 2 rings (SSSR count). The molecule has 2 heterocycles. The number of halogens is 1. The molecule has 19 heavy (non-hydrogen) atoms. The van der Waals surface area contributed by atoms with Gasteiger partial charge in [0.2, 0.25) is 0 Å². The Morgan fingerprint density at radius 3 is 2.63 bits per heavy atom. The topological polar surface area (TPSA) is 52.1 Å². The number of esters is 1. The van der Waals surface area contributed by atoms with Gasteiger partial charge in [0.25, 0.3) is 0 Å². The Bertz CT molecular complexity index is 652. The molecule has 2 aromatic heterocycles. The summed E-state index contributed by atoms with van der Waals surface area (Å²) in [5, 5.41) is 2.32. The van der Waals surface area contributed by atoms with Crippen LogP contribution in [0, 0.1) is 20.8 Å². The molecule has 4 nitrogen and oxygen atoms in total. The average Bonchev–Trinajstić information content (AvgIpc) is 2.74. The maximum atomic E-state index is 11.8. The van der Waals surface area contributed by atoms with Gasteiger partial charge in [0.1, 0.15) is 15.9 Å². The second kappa shape index (κ2) is 5.27. The SMILES string of the molecule is COC(=O)c1scc(C)c1-c1nc(C)nc(Cl)c1C. The maximum Gasteiger partial charge on any atom is 0.348 e. The first kappa shape index (κ1) is 14.0. The lowest BCUT2D eigenvalue weighted by Gasteiger charge is -2.09. The number of aryl methyl sites for hydroxylation is 2. The maximum absolute atomic E-state index is 11.8. The molecule has 0 N–H and O–H groups in total. The highest BCUT2D eigenvalue weighted by atomic mass is 35.5. The van der Waals surface area contributed by atoms with Crippen LogP contribution in [-0.4, -0.2) is 23.0 Å². The molecule has 0 aliphatic carbocycles. The van der Waals surface area contributed by atoms with Gasteiger partial charge in [-0.2, -0.15) is 0 Å². The van der Waals surface area contributed by atoms with Crippen LogP contribution in [0.5, 0.6) is 0 Å². The van der Waals surface area contributed by atoms with E-state index >= 15 is 0 Å². The molecule has 0 aliphatic heterocycles. The van der Waals surface area contributed by atoms with Gasteiger partial charge >= 0.3 is 5.97 Å². The third kappa shape index (κ3) is 2.48. The van der Waals surface area contributed by atoms with Gasteiger partial charge in [-0.05, 0) is 31.7 Å². The van der Waals surface area contributed by atoms with Gasteiger partial charge in [-0.15, -0.1) is 11.3 Å². The third-order valence-electron chi connectivity index (χ3n) is 2.78. The summed E-state index contributed by atoms with van der Waals surface area (Å²) in [5.41, 5.74) is 3.21. The summed E-state index contributed by atoms with van der Waals surface area (Å²) in [6.45, 7) is 5.55. The lowest BCUT2D eigenvalue weighted by molar-refractivity contribution is 0.0607. The quantitative estimate of drug-likeness (QED) is 0.628. The Hall–Kier alpha value is -1.46. The summed E-state index contributed by atoms with van der Waals surface area (Å²) >= 11 is 7.44. The molecular formula is C13H13ClN2O2S. The molecular weight excluding hydrogens is 284 g/mol. The van der Waals surface area contributed by atoms with Crippen molar-refractivity contribution >= 4 is 28.9 Å². The van der Waals surface area contributed by atoms with Crippen molar-refractivity contribution in [3.05, 3.63) is 32.4 Å². The first-order valence-electron chi connectivity index (χ1n) is 5.63. The Labute approximate surface area is 120 Å². The second-order valence-electron chi connectivity index (χ2n) is 4.15. The van der Waals surface area contributed by atoms with E-state index in [-0.39, 0.29) is 5.97 Å². The number of carbonyl (C=O) groups is 1. The van der Waals surface area contributed by atoms with Crippen molar-refractivity contribution in [1.29, 1.82) is 0 Å². The van der Waals surface area contributed by atoms with Crippen LogP contribution in [0.25, 0.3) is 11.3 Å². The van der Waals surface area contributed by atoms with Crippen LogP contribution >= 0.6 is 22.9 Å². The fraction of sp³-hybridized carbons (Fsp3) is 0.308. The minimum Gasteiger partial charge on any atom is -0.465 e. The van der Waals surface area contributed by atoms with E-state index in [2.05, 4.69) is 9.97 Å². The van der Waals surface area contributed by atoms with Crippen molar-refractivity contribution in [2.24, 2.45) is 0 Å². The van der Waals surface area contributed by atoms with Gasteiger partial charge < -0.3 is 4.74 Å². The predicted molar refractivity (Wildman–Crippen MR) is 75.9 cm³/mol. The highest BCUT2D eigenvalue weighted by molar-refractivity contribution is 7.12. The van der Waals surface area contributed by atoms with Gasteiger partial charge in [0, 0.05) is 11.1 Å². The van der Waals surface area contributed by atoms with Crippen LogP contribution in [0.1, 0.15) is 26.6 Å². The molecule has 0 atom stereocenters. The molecule has 100 valence electrons. The molecule has 0 bridgehead atoms. The Balaban J connectivity index is 2.72. The number of rotatable bonds is 2. The van der Waals surface area contributed by atoms with E-state index in [1.807, 2.05) is 19.2 Å². The highest BCUT2D eigenvalue weighted by Crippen LogP contribution is 2.35. The van der Waals surface area contributed by atoms with E-state index in [1.165, 1.54) is 18.4 Å². The molecule has 0 amide bonds. The number of hydrogen-bond donors (Lipinski definition) is 0. The van der Waals surface area contributed by atoms with Crippen LogP contribution in [0.3, 0.4) is 0 Å². The summed E-state index contributed by atoms with van der Waals surface area (Å²) in [5.74, 6) is 0.215. The van der Waals surface area contributed by atoms with E-state index in [0.29, 0.717) is 21.5 Å². The predicted octanol–water partition coefficient (Wildman–Crippen LogP) is 3.57. The number of carbonyl (C=O) groups excluding carboxylic acids is 1. The lowest BCUT2D eigenvalue weighted by atomic mass is 10.0. The second-order valence-corrected chi connectivity index (χ2v) is 5.39. The third-order valence-corrected chi connectivity index (χ3v) is 4.23. The normalized spacial score (nSPS) is 10.6. The summed E-state index contributed by atoms with van der Waals surface area (Å²) in [6, 6.07) is 0. The zero-order chi connectivity index (χ0) is 14.2. The molecule has 0 spiro atoms. The molecule has 2 aromatic rings. The summed E-state index contributed by atoms with van der Waals surface area (Å²) in [7, 11) is 1.37. The van der Waals surface area contributed by atoms with Crippen LogP contribution in [0.15, 0.2) is 5.38 Å². The largest absolute Gasteiger partial charge is 0.465 e. The standard InChI is InChI=1S/C13H13ClN2O2S/c1-6-5-19-11(13(17)18-4)9(6)10-7(2)12(14)16-8(3)15-10/h5H,1-4H3. The van der Waals surface area contributed by atoms with E-state index in [4.69, 9.17) is 16.3 Å². The Kier molecular flexibility index (Phi) is 3.87. The van der Waals surface area contributed by atoms with Crippen LogP contribution in [0.2, 0.25) is 5.15 Å². The van der Waals surface area contributed by atoms with E-state index < -0.39 is 0 Å². The molecule has 0 radical (unpaired) electrons. The zero-order valence-corrected chi connectivity index (χ0v) is 12.6. The van der Waals surface area contributed by atoms with Gasteiger partial charge in [-0.1, -0.05) is 11.6 Å². The first-order chi connectivity index (χ1) is 8.95.